The highest BCUT2D eigenvalue weighted by Crippen LogP contribution is 2.05. The van der Waals surface area contributed by atoms with Crippen LogP contribution in [0.1, 0.15) is 27.2 Å². The van der Waals surface area contributed by atoms with Gasteiger partial charge in [0.15, 0.2) is 6.04 Å². The quantitative estimate of drug-likeness (QED) is 0.386. The van der Waals surface area contributed by atoms with Crippen LogP contribution in [0.5, 0.6) is 0 Å². The Morgan fingerprint density at radius 3 is 2.06 bits per heavy atom. The molecule has 0 fully saturated rings. The van der Waals surface area contributed by atoms with E-state index in [4.69, 9.17) is 15.9 Å². The first-order valence-corrected chi connectivity index (χ1v) is 5.81. The molecule has 0 aromatic heterocycles. The van der Waals surface area contributed by atoms with Crippen molar-refractivity contribution in [1.29, 1.82) is 0 Å². The van der Waals surface area contributed by atoms with Crippen LogP contribution in [-0.4, -0.2) is 51.5 Å². The number of hydrogen-bond donors (Lipinski definition) is 5. The second kappa shape index (κ2) is 7.30. The van der Waals surface area contributed by atoms with Crippen LogP contribution < -0.4 is 11.1 Å². The SMILES string of the molecule is CC(O)CC(O)C(NC(=O)C(N)C(C)C)C(=O)O. The van der Waals surface area contributed by atoms with Crippen molar-refractivity contribution in [1.82, 2.24) is 5.32 Å². The molecule has 1 amide bonds. The van der Waals surface area contributed by atoms with Crippen LogP contribution in [0.2, 0.25) is 0 Å². The number of aliphatic hydroxyl groups excluding tert-OH is 2. The maximum Gasteiger partial charge on any atom is 0.328 e. The fourth-order valence-electron chi connectivity index (χ4n) is 1.36. The summed E-state index contributed by atoms with van der Waals surface area (Å²) in [6.45, 7) is 4.88. The maximum atomic E-state index is 11.6. The molecule has 4 unspecified atom stereocenters. The normalized spacial score (nSPS) is 17.9. The minimum absolute atomic E-state index is 0.145. The van der Waals surface area contributed by atoms with Crippen molar-refractivity contribution in [3.05, 3.63) is 0 Å². The molecule has 18 heavy (non-hydrogen) atoms. The minimum Gasteiger partial charge on any atom is -0.480 e. The van der Waals surface area contributed by atoms with E-state index in [2.05, 4.69) is 5.32 Å². The predicted molar refractivity (Wildman–Crippen MR) is 64.7 cm³/mol. The van der Waals surface area contributed by atoms with Gasteiger partial charge in [0.1, 0.15) is 0 Å². The summed E-state index contributed by atoms with van der Waals surface area (Å²) in [5, 5.41) is 29.8. The summed E-state index contributed by atoms with van der Waals surface area (Å²) >= 11 is 0. The Morgan fingerprint density at radius 1 is 1.22 bits per heavy atom. The number of aliphatic carboxylic acids is 1. The van der Waals surface area contributed by atoms with E-state index in [-0.39, 0.29) is 12.3 Å². The molecule has 0 aromatic rings. The van der Waals surface area contributed by atoms with Gasteiger partial charge in [-0.2, -0.15) is 0 Å². The van der Waals surface area contributed by atoms with E-state index < -0.39 is 36.2 Å². The van der Waals surface area contributed by atoms with Gasteiger partial charge in [0.25, 0.3) is 0 Å². The minimum atomic E-state index is -1.48. The molecule has 0 bridgehead atoms. The van der Waals surface area contributed by atoms with E-state index in [1.54, 1.807) is 13.8 Å². The number of amides is 1. The maximum absolute atomic E-state index is 11.6. The van der Waals surface area contributed by atoms with Crippen molar-refractivity contribution < 1.29 is 24.9 Å². The van der Waals surface area contributed by atoms with Gasteiger partial charge >= 0.3 is 5.97 Å². The molecular weight excluding hydrogens is 240 g/mol. The Kier molecular flexibility index (Phi) is 6.82. The van der Waals surface area contributed by atoms with Gasteiger partial charge in [-0.25, -0.2) is 4.79 Å². The van der Waals surface area contributed by atoms with Gasteiger partial charge in [-0.15, -0.1) is 0 Å². The number of carbonyl (C=O) groups excluding carboxylic acids is 1. The third-order valence-electron chi connectivity index (χ3n) is 2.55. The van der Waals surface area contributed by atoms with Gasteiger partial charge in [-0.05, 0) is 12.8 Å². The second-order valence-corrected chi connectivity index (χ2v) is 4.75. The highest BCUT2D eigenvalue weighted by atomic mass is 16.4. The van der Waals surface area contributed by atoms with E-state index in [0.29, 0.717) is 0 Å². The summed E-state index contributed by atoms with van der Waals surface area (Å²) in [6, 6.07) is -2.32. The standard InChI is InChI=1S/C11H22N2O5/c1-5(2)8(12)10(16)13-9(11(17)18)7(15)4-6(3)14/h5-9,14-15H,4,12H2,1-3H3,(H,13,16)(H,17,18). The van der Waals surface area contributed by atoms with Gasteiger partial charge < -0.3 is 26.4 Å². The first-order valence-electron chi connectivity index (χ1n) is 5.81. The summed E-state index contributed by atoms with van der Waals surface area (Å²) in [5.74, 6) is -2.15. The third-order valence-corrected chi connectivity index (χ3v) is 2.55. The molecule has 0 aliphatic rings. The van der Waals surface area contributed by atoms with Gasteiger partial charge in [0.2, 0.25) is 5.91 Å². The molecular formula is C11H22N2O5. The van der Waals surface area contributed by atoms with E-state index >= 15 is 0 Å². The summed E-state index contributed by atoms with van der Waals surface area (Å²) in [5.41, 5.74) is 5.57. The van der Waals surface area contributed by atoms with E-state index in [1.165, 1.54) is 6.92 Å². The predicted octanol–water partition coefficient (Wildman–Crippen LogP) is -1.33. The van der Waals surface area contributed by atoms with Crippen LogP contribution in [0.3, 0.4) is 0 Å². The van der Waals surface area contributed by atoms with E-state index in [9.17, 15) is 14.7 Å². The van der Waals surface area contributed by atoms with Gasteiger partial charge in [-0.3, -0.25) is 4.79 Å². The van der Waals surface area contributed by atoms with Crippen molar-refractivity contribution in [2.75, 3.05) is 0 Å². The highest BCUT2D eigenvalue weighted by Gasteiger charge is 2.31. The zero-order chi connectivity index (χ0) is 14.5. The Balaban J connectivity index is 4.63. The lowest BCUT2D eigenvalue weighted by atomic mass is 10.0. The number of rotatable bonds is 7. The van der Waals surface area contributed by atoms with Crippen LogP contribution in [-0.2, 0) is 9.59 Å². The van der Waals surface area contributed by atoms with Crippen LogP contribution in [0, 0.1) is 5.92 Å². The topological polar surface area (TPSA) is 133 Å². The molecule has 7 nitrogen and oxygen atoms in total. The number of aliphatic hydroxyl groups is 2. The average molecular weight is 262 g/mol. The fourth-order valence-corrected chi connectivity index (χ4v) is 1.36. The fraction of sp³-hybridized carbons (Fsp3) is 0.818. The van der Waals surface area contributed by atoms with Crippen LogP contribution in [0.4, 0.5) is 0 Å². The smallest absolute Gasteiger partial charge is 0.328 e. The van der Waals surface area contributed by atoms with Crippen molar-refractivity contribution in [3.8, 4) is 0 Å². The highest BCUT2D eigenvalue weighted by molar-refractivity contribution is 5.87. The van der Waals surface area contributed by atoms with Crippen LogP contribution >= 0.6 is 0 Å². The second-order valence-electron chi connectivity index (χ2n) is 4.75. The number of carbonyl (C=O) groups is 2. The zero-order valence-corrected chi connectivity index (χ0v) is 10.8. The van der Waals surface area contributed by atoms with Crippen molar-refractivity contribution in [3.63, 3.8) is 0 Å². The lowest BCUT2D eigenvalue weighted by Crippen LogP contribution is -2.55. The first kappa shape index (κ1) is 16.8. The van der Waals surface area contributed by atoms with Crippen molar-refractivity contribution in [2.24, 2.45) is 11.7 Å². The Labute approximate surface area is 106 Å². The number of carboxylic acids is 1. The average Bonchev–Trinajstić information content (AvgIpc) is 2.22. The molecule has 0 aliphatic heterocycles. The summed E-state index contributed by atoms with van der Waals surface area (Å²) in [4.78, 5) is 22.6. The van der Waals surface area contributed by atoms with Crippen molar-refractivity contribution in [2.45, 2.75) is 51.5 Å². The molecule has 0 aliphatic carbocycles. The number of nitrogens with one attached hydrogen (secondary N) is 1. The number of nitrogens with two attached hydrogens (primary N) is 1. The van der Waals surface area contributed by atoms with Gasteiger partial charge in [-0.1, -0.05) is 13.8 Å². The van der Waals surface area contributed by atoms with Gasteiger partial charge in [0, 0.05) is 6.42 Å². The van der Waals surface area contributed by atoms with Crippen molar-refractivity contribution >= 4 is 11.9 Å². The summed E-state index contributed by atoms with van der Waals surface area (Å²) in [6.07, 6.45) is -2.38. The van der Waals surface area contributed by atoms with E-state index in [0.717, 1.165) is 0 Å². The number of hydrogen-bond acceptors (Lipinski definition) is 5. The molecule has 0 heterocycles. The Bertz CT molecular complexity index is 293. The largest absolute Gasteiger partial charge is 0.480 e. The Morgan fingerprint density at radius 2 is 1.72 bits per heavy atom. The molecule has 0 aromatic carbocycles. The molecule has 4 atom stereocenters. The summed E-state index contributed by atoms with van der Waals surface area (Å²) < 4.78 is 0. The molecule has 6 N–H and O–H groups in total. The number of carboxylic acid groups (broad SMARTS) is 1. The lowest BCUT2D eigenvalue weighted by molar-refractivity contribution is -0.146. The van der Waals surface area contributed by atoms with Crippen LogP contribution in [0.15, 0.2) is 0 Å². The summed E-state index contributed by atoms with van der Waals surface area (Å²) in [7, 11) is 0. The molecule has 0 radical (unpaired) electrons. The molecule has 0 saturated carbocycles. The van der Waals surface area contributed by atoms with E-state index in [1.807, 2.05) is 0 Å². The third kappa shape index (κ3) is 5.44. The van der Waals surface area contributed by atoms with Crippen LogP contribution in [0.25, 0.3) is 0 Å². The molecule has 0 rings (SSSR count). The zero-order valence-electron chi connectivity index (χ0n) is 10.8. The monoisotopic (exact) mass is 262 g/mol. The first-order chi connectivity index (χ1) is 8.16. The molecule has 0 spiro atoms. The lowest BCUT2D eigenvalue weighted by Gasteiger charge is -2.24. The molecule has 106 valence electrons. The van der Waals surface area contributed by atoms with Gasteiger partial charge in [0.05, 0.1) is 18.2 Å². The molecule has 0 saturated heterocycles. The molecule has 7 heteroatoms. The Hall–Kier alpha value is -1.18.